The van der Waals surface area contributed by atoms with Gasteiger partial charge >= 0.3 is 0 Å². The minimum absolute atomic E-state index is 0.919. The van der Waals surface area contributed by atoms with E-state index in [9.17, 15) is 0 Å². The molecule has 42 valence electrons. The van der Waals surface area contributed by atoms with Crippen LogP contribution >= 0.6 is 11.8 Å². The second kappa shape index (κ2) is 4.06. The first-order valence-electron chi connectivity index (χ1n) is 2.31. The molecule has 0 rings (SSSR count). The number of thioether (sulfide) groups is 1. The molecule has 0 aliphatic carbocycles. The zero-order valence-corrected chi connectivity index (χ0v) is 5.59. The molecule has 2 N–H and O–H groups in total. The van der Waals surface area contributed by atoms with Gasteiger partial charge in [0.25, 0.3) is 0 Å². The van der Waals surface area contributed by atoms with Gasteiger partial charge in [-0.2, -0.15) is 0 Å². The highest BCUT2D eigenvalue weighted by atomic mass is 32.2. The van der Waals surface area contributed by atoms with Crippen LogP contribution in [0.3, 0.4) is 0 Å². The predicted octanol–water partition coefficient (Wildman–Crippen LogP) is 1.56. The van der Waals surface area contributed by atoms with Crippen LogP contribution < -0.4 is 5.73 Å². The highest BCUT2D eigenvalue weighted by Crippen LogP contribution is 2.02. The summed E-state index contributed by atoms with van der Waals surface area (Å²) in [6.07, 6.45) is 5.01. The highest BCUT2D eigenvalue weighted by molar-refractivity contribution is 8.02. The van der Waals surface area contributed by atoms with E-state index in [0.717, 1.165) is 11.4 Å². The molecule has 0 aromatic rings. The van der Waals surface area contributed by atoms with Crippen LogP contribution in [-0.4, -0.2) is 6.26 Å². The maximum Gasteiger partial charge on any atom is 0.0611 e. The summed E-state index contributed by atoms with van der Waals surface area (Å²) >= 11 is 1.59. The van der Waals surface area contributed by atoms with Gasteiger partial charge in [0.15, 0.2) is 0 Å². The van der Waals surface area contributed by atoms with Gasteiger partial charge in [-0.15, -0.1) is 11.8 Å². The molecule has 0 radical (unpaired) electrons. The standard InChI is InChI=1S/C5H11NS/c1-3-4-5(6)7-2/h4H,3,6H2,1-2H3/b5-4+. The van der Waals surface area contributed by atoms with Crippen LogP contribution in [0.2, 0.25) is 0 Å². The lowest BCUT2D eigenvalue weighted by Gasteiger charge is -1.89. The molecule has 0 amide bonds. The first-order chi connectivity index (χ1) is 3.31. The Hall–Kier alpha value is -0.110. The van der Waals surface area contributed by atoms with Crippen LogP contribution in [0.15, 0.2) is 11.1 Å². The second-order valence-corrected chi connectivity index (χ2v) is 2.10. The van der Waals surface area contributed by atoms with Crippen LogP contribution in [0, 0.1) is 0 Å². The van der Waals surface area contributed by atoms with Crippen LogP contribution in [0.25, 0.3) is 0 Å². The molecule has 0 spiro atoms. The second-order valence-electron chi connectivity index (χ2n) is 1.22. The molecule has 2 heteroatoms. The maximum atomic E-state index is 5.41. The van der Waals surface area contributed by atoms with Gasteiger partial charge in [-0.05, 0) is 12.7 Å². The van der Waals surface area contributed by atoms with Crippen molar-refractivity contribution in [1.29, 1.82) is 0 Å². The Morgan fingerprint density at radius 1 is 1.86 bits per heavy atom. The Morgan fingerprint density at radius 3 is 2.57 bits per heavy atom. The summed E-state index contributed by atoms with van der Waals surface area (Å²) in [5.74, 6) is 0. The van der Waals surface area contributed by atoms with Gasteiger partial charge in [0, 0.05) is 0 Å². The Balaban J connectivity index is 3.29. The summed E-state index contributed by atoms with van der Waals surface area (Å²) in [6, 6.07) is 0. The molecule has 0 fully saturated rings. The summed E-state index contributed by atoms with van der Waals surface area (Å²) in [6.45, 7) is 2.07. The Morgan fingerprint density at radius 2 is 2.43 bits per heavy atom. The lowest BCUT2D eigenvalue weighted by molar-refractivity contribution is 1.20. The van der Waals surface area contributed by atoms with E-state index in [2.05, 4.69) is 6.92 Å². The zero-order chi connectivity index (χ0) is 5.70. The van der Waals surface area contributed by atoms with E-state index in [1.807, 2.05) is 12.3 Å². The average Bonchev–Trinajstić information content (AvgIpc) is 1.68. The van der Waals surface area contributed by atoms with Gasteiger partial charge in [-0.1, -0.05) is 13.0 Å². The third kappa shape index (κ3) is 3.73. The molecule has 0 bridgehead atoms. The van der Waals surface area contributed by atoms with Gasteiger partial charge in [-0.3, -0.25) is 0 Å². The van der Waals surface area contributed by atoms with Crippen LogP contribution in [0.4, 0.5) is 0 Å². The third-order valence-corrected chi connectivity index (χ3v) is 1.28. The summed E-state index contributed by atoms with van der Waals surface area (Å²) in [7, 11) is 0. The quantitative estimate of drug-likeness (QED) is 0.594. The molecule has 0 saturated carbocycles. The third-order valence-electron chi connectivity index (χ3n) is 0.641. The van der Waals surface area contributed by atoms with Gasteiger partial charge in [-0.25, -0.2) is 0 Å². The molecular formula is C5H11NS. The molecular weight excluding hydrogens is 106 g/mol. The molecule has 0 atom stereocenters. The number of rotatable bonds is 2. The van der Waals surface area contributed by atoms with E-state index in [4.69, 9.17) is 5.73 Å². The Labute approximate surface area is 49.0 Å². The van der Waals surface area contributed by atoms with E-state index in [0.29, 0.717) is 0 Å². The number of nitrogens with two attached hydrogens (primary N) is 1. The molecule has 0 heterocycles. The summed E-state index contributed by atoms with van der Waals surface area (Å²) in [5.41, 5.74) is 5.41. The smallest absolute Gasteiger partial charge is 0.0611 e. The molecule has 7 heavy (non-hydrogen) atoms. The number of allylic oxidation sites excluding steroid dienone is 1. The van der Waals surface area contributed by atoms with Gasteiger partial charge in [0.2, 0.25) is 0 Å². The summed E-state index contributed by atoms with van der Waals surface area (Å²) < 4.78 is 0. The molecule has 0 saturated heterocycles. The predicted molar refractivity (Wildman–Crippen MR) is 36.1 cm³/mol. The minimum atomic E-state index is 0.919. The zero-order valence-electron chi connectivity index (χ0n) is 4.77. The summed E-state index contributed by atoms with van der Waals surface area (Å²) in [5, 5.41) is 0.919. The van der Waals surface area contributed by atoms with Crippen LogP contribution in [-0.2, 0) is 0 Å². The van der Waals surface area contributed by atoms with Gasteiger partial charge in [0.1, 0.15) is 0 Å². The van der Waals surface area contributed by atoms with Crippen molar-refractivity contribution < 1.29 is 0 Å². The van der Waals surface area contributed by atoms with E-state index < -0.39 is 0 Å². The van der Waals surface area contributed by atoms with E-state index >= 15 is 0 Å². The van der Waals surface area contributed by atoms with Crippen molar-refractivity contribution in [1.82, 2.24) is 0 Å². The molecule has 0 aromatic carbocycles. The molecule has 0 aromatic heterocycles. The van der Waals surface area contributed by atoms with Crippen LogP contribution in [0.5, 0.6) is 0 Å². The lowest BCUT2D eigenvalue weighted by atomic mass is 10.5. The fourth-order valence-electron chi connectivity index (χ4n) is 0.285. The highest BCUT2D eigenvalue weighted by Gasteiger charge is 1.77. The Bertz CT molecular complexity index is 68.5. The maximum absolute atomic E-state index is 5.41. The summed E-state index contributed by atoms with van der Waals surface area (Å²) in [4.78, 5) is 0. The first-order valence-corrected chi connectivity index (χ1v) is 3.53. The molecule has 0 unspecified atom stereocenters. The fraction of sp³-hybridized carbons (Fsp3) is 0.600. The minimum Gasteiger partial charge on any atom is -0.394 e. The monoisotopic (exact) mass is 117 g/mol. The molecule has 0 aliphatic heterocycles. The van der Waals surface area contributed by atoms with Crippen molar-refractivity contribution in [3.05, 3.63) is 11.1 Å². The first kappa shape index (κ1) is 6.89. The van der Waals surface area contributed by atoms with E-state index in [1.54, 1.807) is 11.8 Å². The van der Waals surface area contributed by atoms with Crippen LogP contribution in [0.1, 0.15) is 13.3 Å². The van der Waals surface area contributed by atoms with Crippen molar-refractivity contribution in [2.24, 2.45) is 5.73 Å². The van der Waals surface area contributed by atoms with Crippen molar-refractivity contribution in [3.63, 3.8) is 0 Å². The lowest BCUT2D eigenvalue weighted by Crippen LogP contribution is -1.88. The fourth-order valence-corrected chi connectivity index (χ4v) is 0.618. The topological polar surface area (TPSA) is 26.0 Å². The average molecular weight is 117 g/mol. The van der Waals surface area contributed by atoms with Crippen molar-refractivity contribution >= 4 is 11.8 Å². The number of hydrogen-bond donors (Lipinski definition) is 1. The van der Waals surface area contributed by atoms with E-state index in [1.165, 1.54) is 0 Å². The molecule has 0 aliphatic rings. The Kier molecular flexibility index (Phi) is 4.00. The van der Waals surface area contributed by atoms with Gasteiger partial charge < -0.3 is 5.73 Å². The SMILES string of the molecule is CC/C=C(\N)SC. The van der Waals surface area contributed by atoms with Crippen molar-refractivity contribution in [2.75, 3.05) is 6.26 Å². The van der Waals surface area contributed by atoms with E-state index in [-0.39, 0.29) is 0 Å². The normalized spacial score (nSPS) is 12.0. The van der Waals surface area contributed by atoms with Crippen molar-refractivity contribution in [2.45, 2.75) is 13.3 Å². The van der Waals surface area contributed by atoms with Crippen molar-refractivity contribution in [3.8, 4) is 0 Å². The largest absolute Gasteiger partial charge is 0.394 e. The van der Waals surface area contributed by atoms with Gasteiger partial charge in [0.05, 0.1) is 5.03 Å². The molecule has 1 nitrogen and oxygen atoms in total. The number of hydrogen-bond acceptors (Lipinski definition) is 2.